The van der Waals surface area contributed by atoms with E-state index in [0.29, 0.717) is 18.7 Å². The lowest BCUT2D eigenvalue weighted by molar-refractivity contribution is -0.136. The van der Waals surface area contributed by atoms with Gasteiger partial charge in [0.05, 0.1) is 13.2 Å². The molecule has 0 unspecified atom stereocenters. The number of hydrogen-bond acceptors (Lipinski definition) is 6. The van der Waals surface area contributed by atoms with Crippen LogP contribution in [0, 0.1) is 0 Å². The van der Waals surface area contributed by atoms with E-state index in [1.54, 1.807) is 16.8 Å². The largest absolute Gasteiger partial charge is 0.379 e. The van der Waals surface area contributed by atoms with Crippen LogP contribution in [0.15, 0.2) is 0 Å². The van der Waals surface area contributed by atoms with E-state index >= 15 is 0 Å². The molecule has 4 fully saturated rings. The number of hydrogen-bond donors (Lipinski definition) is 1. The number of imide groups is 1. The molecule has 0 atom stereocenters. The Morgan fingerprint density at radius 2 is 1.34 bits per heavy atom. The predicted octanol–water partition coefficient (Wildman–Crippen LogP) is 1.01. The van der Waals surface area contributed by atoms with Crippen LogP contribution in [-0.4, -0.2) is 117 Å². The second-order valence-electron chi connectivity index (χ2n) is 7.47. The normalized spacial score (nSPS) is 20.2. The molecule has 0 bridgehead atoms. The van der Waals surface area contributed by atoms with E-state index in [0.717, 1.165) is 58.8 Å². The fourth-order valence-corrected chi connectivity index (χ4v) is 2.96. The van der Waals surface area contributed by atoms with Crippen molar-refractivity contribution in [2.45, 2.75) is 46.5 Å². The van der Waals surface area contributed by atoms with Crippen molar-refractivity contribution < 1.29 is 23.9 Å². The third kappa shape index (κ3) is 12.0. The Labute approximate surface area is 193 Å². The highest BCUT2D eigenvalue weighted by Crippen LogP contribution is 2.07. The summed E-state index contributed by atoms with van der Waals surface area (Å²) in [5.74, 6) is 0.171. The van der Waals surface area contributed by atoms with Gasteiger partial charge in [-0.2, -0.15) is 0 Å². The maximum absolute atomic E-state index is 10.5. The molecule has 1 N–H and O–H groups in total. The third-order valence-electron chi connectivity index (χ3n) is 5.23. The molecule has 5 amide bonds. The summed E-state index contributed by atoms with van der Waals surface area (Å²) < 4.78 is 5.16. The first kappa shape index (κ1) is 29.8. The summed E-state index contributed by atoms with van der Waals surface area (Å²) in [4.78, 5) is 48.8. The molecule has 10 heteroatoms. The molecule has 4 saturated heterocycles. The Hall–Kier alpha value is -2.20. The average molecular weight is 458 g/mol. The standard InChI is InChI=1S/C6H13NO.C5H7NO2.C5H9NO.C4H8N2O.C2H6/c1-2-7-3-5-8-6-4-7;1-6-4(7)2-3-5(6)8;1-6-4-2-3-5(6)7;1-6-3-2-5-4(6)7;1-2/h2-6H2,1H3;2-3H2,1H3;2-4H2,1H3;2-3H2,1H3,(H,5,7);1-2H3. The molecule has 4 rings (SSSR count). The molecular weight excluding hydrogens is 414 g/mol. The van der Waals surface area contributed by atoms with E-state index in [1.165, 1.54) is 18.5 Å². The second-order valence-corrected chi connectivity index (χ2v) is 7.47. The number of urea groups is 1. The van der Waals surface area contributed by atoms with Crippen molar-refractivity contribution in [3.63, 3.8) is 0 Å². The molecule has 0 saturated carbocycles. The van der Waals surface area contributed by atoms with E-state index in [4.69, 9.17) is 4.74 Å². The minimum Gasteiger partial charge on any atom is -0.379 e. The Morgan fingerprint density at radius 1 is 0.781 bits per heavy atom. The van der Waals surface area contributed by atoms with Crippen LogP contribution in [0.25, 0.3) is 0 Å². The van der Waals surface area contributed by atoms with Gasteiger partial charge in [0.25, 0.3) is 0 Å². The molecule has 0 radical (unpaired) electrons. The Morgan fingerprint density at radius 3 is 1.53 bits per heavy atom. The molecular formula is C22H43N5O5. The predicted molar refractivity (Wildman–Crippen MR) is 124 cm³/mol. The summed E-state index contributed by atoms with van der Waals surface area (Å²) in [6.45, 7) is 14.1. The number of morpholine rings is 1. The lowest BCUT2D eigenvalue weighted by Crippen LogP contribution is -2.35. The quantitative estimate of drug-likeness (QED) is 0.590. The van der Waals surface area contributed by atoms with Crippen molar-refractivity contribution in [1.82, 2.24) is 24.9 Å². The number of likely N-dealkylation sites (tertiary alicyclic amines) is 2. The zero-order valence-corrected chi connectivity index (χ0v) is 20.8. The maximum atomic E-state index is 10.5. The van der Waals surface area contributed by atoms with Crippen molar-refractivity contribution in [3.05, 3.63) is 0 Å². The number of carbonyl (C=O) groups excluding carboxylic acids is 4. The van der Waals surface area contributed by atoms with Crippen molar-refractivity contribution in [2.24, 2.45) is 0 Å². The van der Waals surface area contributed by atoms with Gasteiger partial charge in [0.2, 0.25) is 17.7 Å². The van der Waals surface area contributed by atoms with Gasteiger partial charge < -0.3 is 19.9 Å². The van der Waals surface area contributed by atoms with E-state index in [2.05, 4.69) is 17.1 Å². The summed E-state index contributed by atoms with van der Waals surface area (Å²) in [5.41, 5.74) is 0. The molecule has 0 aliphatic carbocycles. The molecule has 32 heavy (non-hydrogen) atoms. The fraction of sp³-hybridized carbons (Fsp3) is 0.818. The van der Waals surface area contributed by atoms with Gasteiger partial charge in [-0.3, -0.25) is 24.2 Å². The minimum atomic E-state index is -0.0602. The summed E-state index contributed by atoms with van der Waals surface area (Å²) in [6, 6.07) is 0.0417. The molecule has 186 valence electrons. The topological polar surface area (TPSA) is 102 Å². The first-order chi connectivity index (χ1) is 15.3. The number of rotatable bonds is 1. The Bertz CT molecular complexity index is 541. The molecule has 10 nitrogen and oxygen atoms in total. The van der Waals surface area contributed by atoms with Crippen LogP contribution < -0.4 is 5.32 Å². The van der Waals surface area contributed by atoms with Gasteiger partial charge in [-0.15, -0.1) is 0 Å². The minimum absolute atomic E-state index is 0.0417. The number of likely N-dealkylation sites (N-methyl/N-ethyl adjacent to an activating group) is 2. The maximum Gasteiger partial charge on any atom is 0.317 e. The van der Waals surface area contributed by atoms with Crippen LogP contribution in [0.5, 0.6) is 0 Å². The first-order valence-corrected chi connectivity index (χ1v) is 11.6. The highest BCUT2D eigenvalue weighted by atomic mass is 16.5. The van der Waals surface area contributed by atoms with Crippen molar-refractivity contribution in [1.29, 1.82) is 0 Å². The molecule has 0 aromatic rings. The third-order valence-corrected chi connectivity index (χ3v) is 5.23. The fourth-order valence-electron chi connectivity index (χ4n) is 2.96. The van der Waals surface area contributed by atoms with Crippen LogP contribution in [0.4, 0.5) is 4.79 Å². The molecule has 4 aliphatic heterocycles. The van der Waals surface area contributed by atoms with Gasteiger partial charge >= 0.3 is 6.03 Å². The molecule has 0 spiro atoms. The summed E-state index contributed by atoms with van der Waals surface area (Å²) >= 11 is 0. The lowest BCUT2D eigenvalue weighted by Gasteiger charge is -2.24. The van der Waals surface area contributed by atoms with Gasteiger partial charge in [-0.25, -0.2) is 4.79 Å². The Kier molecular flexibility index (Phi) is 16.2. The van der Waals surface area contributed by atoms with Crippen LogP contribution in [0.2, 0.25) is 0 Å². The van der Waals surface area contributed by atoms with E-state index in [-0.39, 0.29) is 17.8 Å². The Balaban J connectivity index is 0.000000391. The average Bonchev–Trinajstić information content (AvgIpc) is 3.48. The number of ether oxygens (including phenoxy) is 1. The van der Waals surface area contributed by atoms with Gasteiger partial charge in [0, 0.05) is 73.1 Å². The number of nitrogens with one attached hydrogen (secondary N) is 1. The zero-order valence-electron chi connectivity index (χ0n) is 20.8. The van der Waals surface area contributed by atoms with E-state index in [1.807, 2.05) is 20.9 Å². The summed E-state index contributed by atoms with van der Waals surface area (Å²) in [6.07, 6.45) is 2.61. The van der Waals surface area contributed by atoms with E-state index < -0.39 is 0 Å². The van der Waals surface area contributed by atoms with Crippen LogP contribution in [0.3, 0.4) is 0 Å². The van der Waals surface area contributed by atoms with Crippen molar-refractivity contribution in [2.75, 3.05) is 73.6 Å². The SMILES string of the molecule is CC.CCN1CCOCC1.CN1C(=O)CCC1=O.CN1CCCC1=O.CN1CCNC1=O. The molecule has 4 aliphatic rings. The summed E-state index contributed by atoms with van der Waals surface area (Å²) in [7, 11) is 5.13. The summed E-state index contributed by atoms with van der Waals surface area (Å²) in [5, 5.41) is 2.66. The van der Waals surface area contributed by atoms with Gasteiger partial charge in [-0.05, 0) is 13.0 Å². The molecule has 0 aromatic carbocycles. The number of amides is 5. The molecule has 4 heterocycles. The number of carbonyl (C=O) groups is 4. The van der Waals surface area contributed by atoms with Crippen molar-refractivity contribution >= 4 is 23.8 Å². The highest BCUT2D eigenvalue weighted by Gasteiger charge is 2.24. The first-order valence-electron chi connectivity index (χ1n) is 11.6. The van der Waals surface area contributed by atoms with Crippen molar-refractivity contribution in [3.8, 4) is 0 Å². The highest BCUT2D eigenvalue weighted by molar-refractivity contribution is 6.01. The second kappa shape index (κ2) is 17.4. The van der Waals surface area contributed by atoms with Crippen LogP contribution in [0.1, 0.15) is 46.5 Å². The number of nitrogens with zero attached hydrogens (tertiary/aromatic N) is 4. The smallest absolute Gasteiger partial charge is 0.317 e. The van der Waals surface area contributed by atoms with Gasteiger partial charge in [0.15, 0.2) is 0 Å². The molecule has 0 aromatic heterocycles. The lowest BCUT2D eigenvalue weighted by atomic mass is 10.4. The van der Waals surface area contributed by atoms with Gasteiger partial charge in [0.1, 0.15) is 0 Å². The zero-order chi connectivity index (χ0) is 24.5. The van der Waals surface area contributed by atoms with Crippen LogP contribution >= 0.6 is 0 Å². The van der Waals surface area contributed by atoms with Crippen LogP contribution in [-0.2, 0) is 19.1 Å². The monoisotopic (exact) mass is 457 g/mol. The van der Waals surface area contributed by atoms with E-state index in [9.17, 15) is 19.2 Å². The van der Waals surface area contributed by atoms with Gasteiger partial charge in [-0.1, -0.05) is 20.8 Å².